The summed E-state index contributed by atoms with van der Waals surface area (Å²) >= 11 is 0. The third-order valence-electron chi connectivity index (χ3n) is 4.39. The number of nitrogens with one attached hydrogen (secondary N) is 3. The van der Waals surface area contributed by atoms with E-state index >= 15 is 0 Å². The molecule has 0 aliphatic heterocycles. The van der Waals surface area contributed by atoms with Crippen LogP contribution in [0.2, 0.25) is 0 Å². The number of carbonyl (C=O) groups excluding carboxylic acids is 1. The molecular weight excluding hydrogens is 521 g/mol. The van der Waals surface area contributed by atoms with Gasteiger partial charge in [0.25, 0.3) is 5.91 Å². The third kappa shape index (κ3) is 9.71. The van der Waals surface area contributed by atoms with E-state index in [2.05, 4.69) is 32.0 Å². The minimum atomic E-state index is -0.136. The predicted molar refractivity (Wildman–Crippen MR) is 138 cm³/mol. The fraction of sp³-hybridized carbons (Fsp3) is 0.435. The highest BCUT2D eigenvalue weighted by Crippen LogP contribution is 2.28. The molecule has 9 heteroatoms. The molecule has 0 radical (unpaired) electrons. The Bertz CT molecular complexity index is 834. The normalized spacial score (nSPS) is 10.7. The monoisotopic (exact) mass is 555 g/mol. The lowest BCUT2D eigenvalue weighted by Crippen LogP contribution is -2.41. The van der Waals surface area contributed by atoms with E-state index in [1.54, 1.807) is 31.6 Å². The van der Waals surface area contributed by atoms with Crippen LogP contribution in [0, 0.1) is 0 Å². The van der Waals surface area contributed by atoms with Crippen LogP contribution >= 0.6 is 24.0 Å². The minimum Gasteiger partial charge on any atom is -0.493 e. The van der Waals surface area contributed by atoms with Gasteiger partial charge in [-0.3, -0.25) is 14.8 Å². The summed E-state index contributed by atoms with van der Waals surface area (Å²) in [6.45, 7) is 7.11. The van der Waals surface area contributed by atoms with E-state index in [1.165, 1.54) is 5.56 Å². The summed E-state index contributed by atoms with van der Waals surface area (Å²) in [4.78, 5) is 20.6. The van der Waals surface area contributed by atoms with E-state index < -0.39 is 0 Å². The number of methoxy groups -OCH3 is 1. The van der Waals surface area contributed by atoms with Gasteiger partial charge >= 0.3 is 0 Å². The first-order valence-electron chi connectivity index (χ1n) is 10.7. The molecule has 1 aromatic heterocycles. The Hall–Kier alpha value is -2.56. The SMILES string of the molecule is CCNC(=NCCCc1ccc(OC)c(OCC)c1)NCCNC(=O)c1cccnc1.I. The first-order chi connectivity index (χ1) is 15.2. The lowest BCUT2D eigenvalue weighted by molar-refractivity contribution is 0.0954. The van der Waals surface area contributed by atoms with Gasteiger partial charge in [0.15, 0.2) is 17.5 Å². The number of carbonyl (C=O) groups is 1. The van der Waals surface area contributed by atoms with E-state index in [1.807, 2.05) is 26.0 Å². The minimum absolute atomic E-state index is 0. The van der Waals surface area contributed by atoms with Crippen molar-refractivity contribution in [1.82, 2.24) is 20.9 Å². The number of hydrogen-bond donors (Lipinski definition) is 3. The number of halogens is 1. The summed E-state index contributed by atoms with van der Waals surface area (Å²) < 4.78 is 11.0. The van der Waals surface area contributed by atoms with Gasteiger partial charge in [-0.25, -0.2) is 0 Å². The number of benzene rings is 1. The van der Waals surface area contributed by atoms with Crippen LogP contribution in [-0.4, -0.2) is 56.7 Å². The Morgan fingerprint density at radius 1 is 1.09 bits per heavy atom. The van der Waals surface area contributed by atoms with Gasteiger partial charge in [-0.15, -0.1) is 24.0 Å². The first kappa shape index (κ1) is 27.5. The van der Waals surface area contributed by atoms with Crippen LogP contribution < -0.4 is 25.4 Å². The van der Waals surface area contributed by atoms with Crippen LogP contribution in [0.25, 0.3) is 0 Å². The maximum Gasteiger partial charge on any atom is 0.252 e. The molecule has 1 amide bonds. The van der Waals surface area contributed by atoms with Gasteiger partial charge in [0.1, 0.15) is 0 Å². The van der Waals surface area contributed by atoms with Crippen LogP contribution in [0.4, 0.5) is 0 Å². The molecule has 0 saturated carbocycles. The lowest BCUT2D eigenvalue weighted by atomic mass is 10.1. The zero-order chi connectivity index (χ0) is 22.3. The molecule has 0 saturated heterocycles. The number of aliphatic imine (C=N–C) groups is 1. The molecule has 3 N–H and O–H groups in total. The average molecular weight is 555 g/mol. The zero-order valence-electron chi connectivity index (χ0n) is 19.0. The number of aromatic nitrogens is 1. The van der Waals surface area contributed by atoms with Crippen molar-refractivity contribution in [3.8, 4) is 11.5 Å². The first-order valence-corrected chi connectivity index (χ1v) is 10.7. The van der Waals surface area contributed by atoms with Crippen molar-refractivity contribution in [2.75, 3.05) is 39.9 Å². The summed E-state index contributed by atoms with van der Waals surface area (Å²) in [7, 11) is 1.64. The van der Waals surface area contributed by atoms with Crippen LogP contribution in [0.15, 0.2) is 47.7 Å². The Morgan fingerprint density at radius 3 is 2.59 bits per heavy atom. The van der Waals surface area contributed by atoms with Crippen LogP contribution in [0.1, 0.15) is 36.2 Å². The van der Waals surface area contributed by atoms with Crippen molar-refractivity contribution in [3.63, 3.8) is 0 Å². The third-order valence-corrected chi connectivity index (χ3v) is 4.39. The Kier molecular flexibility index (Phi) is 13.8. The lowest BCUT2D eigenvalue weighted by Gasteiger charge is -2.12. The average Bonchev–Trinajstić information content (AvgIpc) is 2.80. The molecule has 8 nitrogen and oxygen atoms in total. The van der Waals surface area contributed by atoms with Crippen molar-refractivity contribution in [1.29, 1.82) is 0 Å². The Balaban J connectivity index is 0.00000512. The molecule has 0 fully saturated rings. The van der Waals surface area contributed by atoms with Crippen LogP contribution in [0.3, 0.4) is 0 Å². The van der Waals surface area contributed by atoms with Crippen LogP contribution in [-0.2, 0) is 6.42 Å². The molecule has 1 aromatic carbocycles. The molecule has 0 aliphatic rings. The van der Waals surface area contributed by atoms with Crippen molar-refractivity contribution in [2.45, 2.75) is 26.7 Å². The van der Waals surface area contributed by atoms with Crippen molar-refractivity contribution in [2.24, 2.45) is 4.99 Å². The zero-order valence-corrected chi connectivity index (χ0v) is 21.3. The summed E-state index contributed by atoms with van der Waals surface area (Å²) in [5.74, 6) is 2.12. The summed E-state index contributed by atoms with van der Waals surface area (Å²) in [5, 5.41) is 9.32. The van der Waals surface area contributed by atoms with E-state index in [4.69, 9.17) is 9.47 Å². The summed E-state index contributed by atoms with van der Waals surface area (Å²) in [5.41, 5.74) is 1.74. The summed E-state index contributed by atoms with van der Waals surface area (Å²) in [6.07, 6.45) is 5.00. The second-order valence-corrected chi connectivity index (χ2v) is 6.71. The van der Waals surface area contributed by atoms with Gasteiger partial charge < -0.3 is 25.4 Å². The highest BCUT2D eigenvalue weighted by atomic mass is 127. The van der Waals surface area contributed by atoms with E-state index in [9.17, 15) is 4.79 Å². The second kappa shape index (κ2) is 16.1. The number of rotatable bonds is 12. The van der Waals surface area contributed by atoms with E-state index in [0.717, 1.165) is 36.8 Å². The van der Waals surface area contributed by atoms with E-state index in [-0.39, 0.29) is 29.9 Å². The largest absolute Gasteiger partial charge is 0.493 e. The number of ether oxygens (including phenoxy) is 2. The van der Waals surface area contributed by atoms with Gasteiger partial charge in [-0.2, -0.15) is 0 Å². The molecule has 0 unspecified atom stereocenters. The Labute approximate surface area is 207 Å². The maximum absolute atomic E-state index is 12.0. The molecule has 2 rings (SSSR count). The molecule has 176 valence electrons. The van der Waals surface area contributed by atoms with Gasteiger partial charge in [0.2, 0.25) is 0 Å². The van der Waals surface area contributed by atoms with E-state index in [0.29, 0.717) is 31.8 Å². The molecule has 0 bridgehead atoms. The molecule has 2 aromatic rings. The number of amides is 1. The van der Waals surface area contributed by atoms with Gasteiger partial charge in [0, 0.05) is 38.6 Å². The van der Waals surface area contributed by atoms with Crippen LogP contribution in [0.5, 0.6) is 11.5 Å². The highest BCUT2D eigenvalue weighted by Gasteiger charge is 2.06. The number of hydrogen-bond acceptors (Lipinski definition) is 5. The molecule has 0 atom stereocenters. The van der Waals surface area contributed by atoms with Gasteiger partial charge in [0.05, 0.1) is 19.3 Å². The number of guanidine groups is 1. The molecule has 0 spiro atoms. The van der Waals surface area contributed by atoms with Crippen molar-refractivity contribution >= 4 is 35.8 Å². The molecule has 1 heterocycles. The highest BCUT2D eigenvalue weighted by molar-refractivity contribution is 14.0. The van der Waals surface area contributed by atoms with Gasteiger partial charge in [-0.05, 0) is 56.5 Å². The smallest absolute Gasteiger partial charge is 0.252 e. The second-order valence-electron chi connectivity index (χ2n) is 6.71. The topological polar surface area (TPSA) is 96.9 Å². The Morgan fingerprint density at radius 2 is 1.91 bits per heavy atom. The quantitative estimate of drug-likeness (QED) is 0.161. The maximum atomic E-state index is 12.0. The predicted octanol–water partition coefficient (Wildman–Crippen LogP) is 3.02. The summed E-state index contributed by atoms with van der Waals surface area (Å²) in [6, 6.07) is 9.50. The fourth-order valence-electron chi connectivity index (χ4n) is 2.92. The van der Waals surface area contributed by atoms with Crippen molar-refractivity contribution in [3.05, 3.63) is 53.9 Å². The number of aryl methyl sites for hydroxylation is 1. The van der Waals surface area contributed by atoms with Crippen molar-refractivity contribution < 1.29 is 14.3 Å². The number of pyridine rings is 1. The number of nitrogens with zero attached hydrogens (tertiary/aromatic N) is 2. The van der Waals surface area contributed by atoms with Gasteiger partial charge in [-0.1, -0.05) is 6.07 Å². The fourth-order valence-corrected chi connectivity index (χ4v) is 2.92. The standard InChI is InChI=1S/C23H33N5O3.HI/c1-4-25-23(28-15-14-26-22(29)19-9-7-12-24-17-19)27-13-6-8-18-10-11-20(30-3)21(16-18)31-5-2;/h7,9-12,16-17H,4-6,8,13-15H2,1-3H3,(H,26,29)(H2,25,27,28);1H. The molecule has 0 aliphatic carbocycles. The molecule has 32 heavy (non-hydrogen) atoms. The molecular formula is C23H34IN5O3.